The number of aryl methyl sites for hydroxylation is 2. The highest BCUT2D eigenvalue weighted by molar-refractivity contribution is 5.71. The summed E-state index contributed by atoms with van der Waals surface area (Å²) >= 11 is 0. The first-order chi connectivity index (χ1) is 11.6. The smallest absolute Gasteiger partial charge is 0.273 e. The van der Waals surface area contributed by atoms with Gasteiger partial charge >= 0.3 is 0 Å². The number of hydrogen-bond acceptors (Lipinski definition) is 4. The highest BCUT2D eigenvalue weighted by Crippen LogP contribution is 2.25. The quantitative estimate of drug-likeness (QED) is 0.617. The summed E-state index contributed by atoms with van der Waals surface area (Å²) in [5, 5.41) is 3.16. The zero-order chi connectivity index (χ0) is 16.7. The number of hydrogen-bond donors (Lipinski definition) is 1. The standard InChI is InChI=1S/C18H15N5O/c1-11-4-3-5-13(8-11)17-12(2)18-21-14(9-16(24)23(18)22-17)15-10-19-6-7-20-15/h3-10,22H,1-2H3. The van der Waals surface area contributed by atoms with E-state index in [1.807, 2.05) is 32.0 Å². The lowest BCUT2D eigenvalue weighted by Crippen LogP contribution is -2.14. The lowest BCUT2D eigenvalue weighted by molar-refractivity contribution is 0.903. The van der Waals surface area contributed by atoms with E-state index in [-0.39, 0.29) is 5.56 Å². The molecule has 1 N–H and O–H groups in total. The van der Waals surface area contributed by atoms with Crippen LogP contribution in [0.2, 0.25) is 0 Å². The second-order valence-corrected chi connectivity index (χ2v) is 5.71. The lowest BCUT2D eigenvalue weighted by Gasteiger charge is -2.00. The van der Waals surface area contributed by atoms with Crippen molar-refractivity contribution < 1.29 is 0 Å². The molecule has 3 aromatic heterocycles. The number of benzene rings is 1. The Morgan fingerprint density at radius 1 is 1.08 bits per heavy atom. The van der Waals surface area contributed by atoms with Crippen LogP contribution in [0.15, 0.2) is 53.7 Å². The van der Waals surface area contributed by atoms with E-state index in [1.165, 1.54) is 10.6 Å². The van der Waals surface area contributed by atoms with Gasteiger partial charge in [-0.15, -0.1) is 0 Å². The average Bonchev–Trinajstić information content (AvgIpc) is 2.93. The van der Waals surface area contributed by atoms with Crippen LogP contribution in [0.1, 0.15) is 11.1 Å². The summed E-state index contributed by atoms with van der Waals surface area (Å²) in [6.07, 6.45) is 4.77. The third-order valence-electron chi connectivity index (χ3n) is 3.99. The molecule has 0 aliphatic carbocycles. The summed E-state index contributed by atoms with van der Waals surface area (Å²) in [4.78, 5) is 25.3. The van der Waals surface area contributed by atoms with Crippen molar-refractivity contribution in [3.05, 3.63) is 70.4 Å². The van der Waals surface area contributed by atoms with Gasteiger partial charge in [0.1, 0.15) is 5.69 Å². The molecule has 118 valence electrons. The molecule has 0 bridgehead atoms. The van der Waals surface area contributed by atoms with E-state index in [2.05, 4.69) is 26.1 Å². The molecule has 0 saturated carbocycles. The second-order valence-electron chi connectivity index (χ2n) is 5.71. The van der Waals surface area contributed by atoms with Gasteiger partial charge in [0.25, 0.3) is 5.56 Å². The van der Waals surface area contributed by atoms with Crippen LogP contribution >= 0.6 is 0 Å². The number of nitrogens with one attached hydrogen (secondary N) is 1. The Morgan fingerprint density at radius 3 is 2.71 bits per heavy atom. The van der Waals surface area contributed by atoms with E-state index in [1.54, 1.807) is 18.6 Å². The number of fused-ring (bicyclic) bond motifs is 1. The first-order valence-corrected chi connectivity index (χ1v) is 7.59. The predicted molar refractivity (Wildman–Crippen MR) is 91.7 cm³/mol. The number of rotatable bonds is 2. The summed E-state index contributed by atoms with van der Waals surface area (Å²) in [6, 6.07) is 9.59. The highest BCUT2D eigenvalue weighted by Gasteiger charge is 2.14. The van der Waals surface area contributed by atoms with Gasteiger partial charge in [-0.2, -0.15) is 0 Å². The van der Waals surface area contributed by atoms with Crippen molar-refractivity contribution in [3.8, 4) is 22.6 Å². The molecular weight excluding hydrogens is 302 g/mol. The van der Waals surface area contributed by atoms with E-state index >= 15 is 0 Å². The van der Waals surface area contributed by atoms with E-state index in [0.29, 0.717) is 17.0 Å². The van der Waals surface area contributed by atoms with Gasteiger partial charge in [-0.05, 0) is 19.9 Å². The monoisotopic (exact) mass is 317 g/mol. The summed E-state index contributed by atoms with van der Waals surface area (Å²) in [7, 11) is 0. The molecule has 0 spiro atoms. The highest BCUT2D eigenvalue weighted by atomic mass is 16.1. The van der Waals surface area contributed by atoms with Crippen molar-refractivity contribution in [1.82, 2.24) is 24.6 Å². The van der Waals surface area contributed by atoms with E-state index < -0.39 is 0 Å². The Bertz CT molecular complexity index is 1100. The van der Waals surface area contributed by atoms with Crippen molar-refractivity contribution in [2.75, 3.05) is 0 Å². The molecule has 1 aromatic carbocycles. The molecule has 0 fully saturated rings. The number of nitrogens with zero attached hydrogens (tertiary/aromatic N) is 4. The molecule has 4 aromatic rings. The van der Waals surface area contributed by atoms with Gasteiger partial charge in [0.2, 0.25) is 0 Å². The van der Waals surface area contributed by atoms with E-state index in [0.717, 1.165) is 22.4 Å². The van der Waals surface area contributed by atoms with Crippen molar-refractivity contribution in [2.45, 2.75) is 13.8 Å². The van der Waals surface area contributed by atoms with Crippen LogP contribution in [0.25, 0.3) is 28.3 Å². The molecule has 0 unspecified atom stereocenters. The van der Waals surface area contributed by atoms with Crippen LogP contribution in [-0.2, 0) is 0 Å². The van der Waals surface area contributed by atoms with E-state index in [4.69, 9.17) is 0 Å². The van der Waals surface area contributed by atoms with Gasteiger partial charge in [0.15, 0.2) is 5.65 Å². The molecule has 6 heteroatoms. The number of aromatic amines is 1. The normalized spacial score (nSPS) is 11.1. The fourth-order valence-electron chi connectivity index (χ4n) is 2.79. The maximum atomic E-state index is 12.5. The summed E-state index contributed by atoms with van der Waals surface area (Å²) in [5.74, 6) is 0. The van der Waals surface area contributed by atoms with Crippen molar-refractivity contribution in [3.63, 3.8) is 0 Å². The van der Waals surface area contributed by atoms with Gasteiger partial charge in [0.05, 0.1) is 17.6 Å². The fourth-order valence-corrected chi connectivity index (χ4v) is 2.79. The Labute approximate surface area is 137 Å². The third-order valence-corrected chi connectivity index (χ3v) is 3.99. The molecule has 0 aliphatic rings. The SMILES string of the molecule is Cc1cccc(-c2[nH]n3c(=O)cc(-c4cnccn4)nc3c2C)c1. The largest absolute Gasteiger partial charge is 0.289 e. The summed E-state index contributed by atoms with van der Waals surface area (Å²) < 4.78 is 1.47. The summed E-state index contributed by atoms with van der Waals surface area (Å²) in [5.41, 5.74) is 5.51. The first-order valence-electron chi connectivity index (χ1n) is 7.59. The topological polar surface area (TPSA) is 75.9 Å². The summed E-state index contributed by atoms with van der Waals surface area (Å²) in [6.45, 7) is 3.99. The van der Waals surface area contributed by atoms with Crippen LogP contribution in [0, 0.1) is 13.8 Å². The maximum absolute atomic E-state index is 12.5. The van der Waals surface area contributed by atoms with Gasteiger partial charge < -0.3 is 0 Å². The van der Waals surface area contributed by atoms with Gasteiger partial charge in [-0.25, -0.2) is 9.50 Å². The minimum atomic E-state index is -0.178. The Hall–Kier alpha value is -3.28. The van der Waals surface area contributed by atoms with Crippen molar-refractivity contribution >= 4 is 5.65 Å². The molecule has 0 atom stereocenters. The first kappa shape index (κ1) is 14.3. The lowest BCUT2D eigenvalue weighted by atomic mass is 10.1. The molecule has 0 aliphatic heterocycles. The molecule has 4 rings (SSSR count). The van der Waals surface area contributed by atoms with Crippen LogP contribution in [0.3, 0.4) is 0 Å². The average molecular weight is 317 g/mol. The molecule has 3 heterocycles. The zero-order valence-electron chi connectivity index (χ0n) is 13.3. The number of aromatic nitrogens is 5. The Kier molecular flexibility index (Phi) is 3.23. The Morgan fingerprint density at radius 2 is 1.96 bits per heavy atom. The fraction of sp³-hybridized carbons (Fsp3) is 0.111. The minimum Gasteiger partial charge on any atom is -0.289 e. The van der Waals surface area contributed by atoms with Crippen molar-refractivity contribution in [2.24, 2.45) is 0 Å². The molecule has 0 amide bonds. The number of H-pyrrole nitrogens is 1. The van der Waals surface area contributed by atoms with Crippen molar-refractivity contribution in [1.29, 1.82) is 0 Å². The minimum absolute atomic E-state index is 0.178. The molecular formula is C18H15N5O. The van der Waals surface area contributed by atoms with Crippen LogP contribution in [-0.4, -0.2) is 24.6 Å². The van der Waals surface area contributed by atoms with Crippen LogP contribution in [0.4, 0.5) is 0 Å². The molecule has 0 saturated heterocycles. The molecule has 6 nitrogen and oxygen atoms in total. The van der Waals surface area contributed by atoms with Gasteiger partial charge in [-0.3, -0.25) is 19.9 Å². The molecule has 24 heavy (non-hydrogen) atoms. The van der Waals surface area contributed by atoms with E-state index in [9.17, 15) is 4.79 Å². The molecule has 0 radical (unpaired) electrons. The van der Waals surface area contributed by atoms with Crippen LogP contribution < -0.4 is 5.56 Å². The Balaban J connectivity index is 1.96. The third kappa shape index (κ3) is 2.28. The second kappa shape index (κ2) is 5.42. The van der Waals surface area contributed by atoms with Gasteiger partial charge in [0, 0.05) is 29.6 Å². The van der Waals surface area contributed by atoms with Crippen LogP contribution in [0.5, 0.6) is 0 Å². The maximum Gasteiger partial charge on any atom is 0.273 e. The predicted octanol–water partition coefficient (Wildman–Crippen LogP) is 2.76. The van der Waals surface area contributed by atoms with Gasteiger partial charge in [-0.1, -0.05) is 23.8 Å². The zero-order valence-corrected chi connectivity index (χ0v) is 13.3.